The Kier molecular flexibility index (Phi) is 6.45. The molecule has 0 saturated heterocycles. The summed E-state index contributed by atoms with van der Waals surface area (Å²) < 4.78 is 11.2. The van der Waals surface area contributed by atoms with Gasteiger partial charge in [-0.25, -0.2) is 0 Å². The van der Waals surface area contributed by atoms with E-state index in [2.05, 4.69) is 13.8 Å². The number of carboxylic acid groups (broad SMARTS) is 1. The van der Waals surface area contributed by atoms with Gasteiger partial charge in [0.15, 0.2) is 11.5 Å². The number of aryl methyl sites for hydroxylation is 1. The van der Waals surface area contributed by atoms with Gasteiger partial charge < -0.3 is 14.6 Å². The molecule has 0 aliphatic heterocycles. The van der Waals surface area contributed by atoms with E-state index in [1.807, 2.05) is 49.4 Å². The topological polar surface area (TPSA) is 55.8 Å². The van der Waals surface area contributed by atoms with Gasteiger partial charge in [-0.1, -0.05) is 49.7 Å². The highest BCUT2D eigenvalue weighted by atomic mass is 16.5. The zero-order valence-electron chi connectivity index (χ0n) is 15.3. The van der Waals surface area contributed by atoms with E-state index in [1.54, 1.807) is 7.11 Å². The summed E-state index contributed by atoms with van der Waals surface area (Å²) in [5.74, 6) is 0.311. The van der Waals surface area contributed by atoms with Crippen molar-refractivity contribution in [2.75, 3.05) is 13.7 Å². The maximum absolute atomic E-state index is 11.7. The smallest absolute Gasteiger partial charge is 0.311 e. The van der Waals surface area contributed by atoms with Crippen molar-refractivity contribution in [3.63, 3.8) is 0 Å². The molecule has 1 unspecified atom stereocenters. The molecule has 4 heteroatoms. The van der Waals surface area contributed by atoms with Gasteiger partial charge in [-0.05, 0) is 42.5 Å². The van der Waals surface area contributed by atoms with Crippen LogP contribution in [0.4, 0.5) is 0 Å². The zero-order valence-corrected chi connectivity index (χ0v) is 15.3. The molecule has 2 aromatic carbocycles. The third-order valence-electron chi connectivity index (χ3n) is 4.02. The molecule has 0 saturated carbocycles. The molecule has 0 fully saturated rings. The summed E-state index contributed by atoms with van der Waals surface area (Å²) in [6, 6.07) is 13.3. The summed E-state index contributed by atoms with van der Waals surface area (Å²) in [4.78, 5) is 11.7. The van der Waals surface area contributed by atoms with Crippen LogP contribution < -0.4 is 9.47 Å². The van der Waals surface area contributed by atoms with Crippen LogP contribution in [0.25, 0.3) is 0 Å². The first-order valence-corrected chi connectivity index (χ1v) is 8.49. The van der Waals surface area contributed by atoms with Gasteiger partial charge in [0.1, 0.15) is 0 Å². The van der Waals surface area contributed by atoms with Gasteiger partial charge in [0.05, 0.1) is 19.6 Å². The number of methoxy groups -OCH3 is 1. The molecule has 4 nitrogen and oxygen atoms in total. The number of aliphatic carboxylic acids is 1. The lowest BCUT2D eigenvalue weighted by molar-refractivity contribution is -0.138. The van der Waals surface area contributed by atoms with Crippen LogP contribution in [0, 0.1) is 12.8 Å². The first kappa shape index (κ1) is 18.8. The molecule has 2 rings (SSSR count). The molecule has 1 atom stereocenters. The molecule has 0 aliphatic carbocycles. The molecule has 0 bridgehead atoms. The van der Waals surface area contributed by atoms with Crippen LogP contribution in [0.1, 0.15) is 36.5 Å². The van der Waals surface area contributed by atoms with Crippen LogP contribution in [0.3, 0.4) is 0 Å². The van der Waals surface area contributed by atoms with E-state index in [0.717, 1.165) is 16.7 Å². The standard InChI is InChI=1S/C21H26O4/c1-14(2)13-25-19-10-7-16(12-20(19)24-4)11-18(21(22)23)17-8-5-15(3)6-9-17/h5-10,12,14,18H,11,13H2,1-4H3,(H,22,23). The second-order valence-electron chi connectivity index (χ2n) is 6.70. The fraction of sp³-hybridized carbons (Fsp3) is 0.381. The van der Waals surface area contributed by atoms with Crippen LogP contribution in [-0.2, 0) is 11.2 Å². The Morgan fingerprint density at radius 1 is 1.08 bits per heavy atom. The van der Waals surface area contributed by atoms with Crippen molar-refractivity contribution < 1.29 is 19.4 Å². The molecule has 0 amide bonds. The summed E-state index contributed by atoms with van der Waals surface area (Å²) >= 11 is 0. The molecule has 134 valence electrons. The number of benzene rings is 2. The monoisotopic (exact) mass is 342 g/mol. The average Bonchev–Trinajstić information content (AvgIpc) is 2.58. The van der Waals surface area contributed by atoms with Crippen molar-refractivity contribution in [1.29, 1.82) is 0 Å². The molecule has 2 aromatic rings. The van der Waals surface area contributed by atoms with Crippen LogP contribution in [0.15, 0.2) is 42.5 Å². The summed E-state index contributed by atoms with van der Waals surface area (Å²) in [6.07, 6.45) is 0.402. The molecule has 25 heavy (non-hydrogen) atoms. The second-order valence-corrected chi connectivity index (χ2v) is 6.70. The van der Waals surface area contributed by atoms with Crippen LogP contribution in [-0.4, -0.2) is 24.8 Å². The molecule has 0 aliphatic rings. The third-order valence-corrected chi connectivity index (χ3v) is 4.02. The Hall–Kier alpha value is -2.49. The van der Waals surface area contributed by atoms with E-state index < -0.39 is 11.9 Å². The minimum Gasteiger partial charge on any atom is -0.493 e. The third kappa shape index (κ3) is 5.24. The maximum Gasteiger partial charge on any atom is 0.311 e. The van der Waals surface area contributed by atoms with Gasteiger partial charge in [0.25, 0.3) is 0 Å². The van der Waals surface area contributed by atoms with E-state index in [4.69, 9.17) is 9.47 Å². The molecule has 0 spiro atoms. The van der Waals surface area contributed by atoms with E-state index in [1.165, 1.54) is 0 Å². The molecule has 0 heterocycles. The summed E-state index contributed by atoms with van der Waals surface area (Å²) in [5, 5.41) is 9.63. The van der Waals surface area contributed by atoms with Crippen LogP contribution in [0.2, 0.25) is 0 Å². The van der Waals surface area contributed by atoms with E-state index in [-0.39, 0.29) is 0 Å². The Morgan fingerprint density at radius 3 is 2.32 bits per heavy atom. The van der Waals surface area contributed by atoms with Crippen molar-refractivity contribution in [2.45, 2.75) is 33.1 Å². The lowest BCUT2D eigenvalue weighted by Crippen LogP contribution is -2.14. The van der Waals surface area contributed by atoms with Gasteiger partial charge in [-0.15, -0.1) is 0 Å². The predicted octanol–water partition coefficient (Wildman–Crippen LogP) is 4.45. The van der Waals surface area contributed by atoms with Crippen molar-refractivity contribution in [3.05, 3.63) is 59.2 Å². The van der Waals surface area contributed by atoms with Gasteiger partial charge in [0.2, 0.25) is 0 Å². The Bertz CT molecular complexity index is 704. The predicted molar refractivity (Wildman–Crippen MR) is 98.6 cm³/mol. The number of hydrogen-bond donors (Lipinski definition) is 1. The van der Waals surface area contributed by atoms with Gasteiger partial charge in [-0.2, -0.15) is 0 Å². The molecular formula is C21H26O4. The summed E-state index contributed by atoms with van der Waals surface area (Å²) in [5.41, 5.74) is 2.82. The number of carbonyl (C=O) groups is 1. The van der Waals surface area contributed by atoms with E-state index >= 15 is 0 Å². The highest BCUT2D eigenvalue weighted by Crippen LogP contribution is 2.31. The number of carboxylic acids is 1. The van der Waals surface area contributed by atoms with Crippen LogP contribution in [0.5, 0.6) is 11.5 Å². The van der Waals surface area contributed by atoms with Gasteiger partial charge >= 0.3 is 5.97 Å². The lowest BCUT2D eigenvalue weighted by atomic mass is 9.91. The van der Waals surface area contributed by atoms with Crippen molar-refractivity contribution in [1.82, 2.24) is 0 Å². The molecule has 1 N–H and O–H groups in total. The number of hydrogen-bond acceptors (Lipinski definition) is 3. The first-order valence-electron chi connectivity index (χ1n) is 8.49. The first-order chi connectivity index (χ1) is 11.9. The highest BCUT2D eigenvalue weighted by Gasteiger charge is 2.21. The number of ether oxygens (including phenoxy) is 2. The normalized spacial score (nSPS) is 12.0. The number of rotatable bonds is 8. The van der Waals surface area contributed by atoms with Crippen LogP contribution >= 0.6 is 0 Å². The lowest BCUT2D eigenvalue weighted by Gasteiger charge is -2.16. The van der Waals surface area contributed by atoms with Crippen molar-refractivity contribution in [3.8, 4) is 11.5 Å². The maximum atomic E-state index is 11.7. The molecule has 0 aromatic heterocycles. The molecule has 0 radical (unpaired) electrons. The van der Waals surface area contributed by atoms with E-state index in [9.17, 15) is 9.90 Å². The largest absolute Gasteiger partial charge is 0.493 e. The quantitative estimate of drug-likeness (QED) is 0.770. The highest BCUT2D eigenvalue weighted by molar-refractivity contribution is 5.76. The van der Waals surface area contributed by atoms with E-state index in [0.29, 0.717) is 30.4 Å². The Balaban J connectivity index is 2.21. The van der Waals surface area contributed by atoms with Crippen molar-refractivity contribution in [2.24, 2.45) is 5.92 Å². The average molecular weight is 342 g/mol. The SMILES string of the molecule is COc1cc(CC(C(=O)O)c2ccc(C)cc2)ccc1OCC(C)C. The van der Waals surface area contributed by atoms with Gasteiger partial charge in [0, 0.05) is 0 Å². The second kappa shape index (κ2) is 8.56. The molecular weight excluding hydrogens is 316 g/mol. The minimum atomic E-state index is -0.831. The van der Waals surface area contributed by atoms with Gasteiger partial charge in [-0.3, -0.25) is 4.79 Å². The van der Waals surface area contributed by atoms with Crippen molar-refractivity contribution >= 4 is 5.97 Å². The summed E-state index contributed by atoms with van der Waals surface area (Å²) in [6.45, 7) is 6.76. The fourth-order valence-electron chi connectivity index (χ4n) is 2.60. The summed E-state index contributed by atoms with van der Waals surface area (Å²) in [7, 11) is 1.59. The minimum absolute atomic E-state index is 0.402. The Morgan fingerprint density at radius 2 is 1.76 bits per heavy atom. The zero-order chi connectivity index (χ0) is 18.4. The fourth-order valence-corrected chi connectivity index (χ4v) is 2.60. The Labute approximate surface area is 149 Å².